The van der Waals surface area contributed by atoms with Crippen LogP contribution in [0.2, 0.25) is 0 Å². The Kier molecular flexibility index (Phi) is 4.17. The Labute approximate surface area is 118 Å². The second-order valence-corrected chi connectivity index (χ2v) is 4.79. The van der Waals surface area contributed by atoms with Crippen LogP contribution in [0.1, 0.15) is 10.4 Å². The Morgan fingerprint density at radius 3 is 2.60 bits per heavy atom. The predicted molar refractivity (Wildman–Crippen MR) is 76.4 cm³/mol. The molecular formula is C14H11NO4S. The van der Waals surface area contributed by atoms with Crippen molar-refractivity contribution in [3.63, 3.8) is 0 Å². The Morgan fingerprint density at radius 1 is 1.15 bits per heavy atom. The Bertz CT molecular complexity index is 709. The zero-order valence-electron chi connectivity index (χ0n) is 10.2. The first-order chi connectivity index (χ1) is 9.58. The first-order valence-corrected chi connectivity index (χ1v) is 6.48. The highest BCUT2D eigenvalue weighted by atomic mass is 32.1. The number of benzene rings is 1. The summed E-state index contributed by atoms with van der Waals surface area (Å²) in [6, 6.07) is 7.44. The molecule has 3 N–H and O–H groups in total. The van der Waals surface area contributed by atoms with Gasteiger partial charge in [-0.05, 0) is 41.1 Å². The molecule has 0 amide bonds. The van der Waals surface area contributed by atoms with Crippen molar-refractivity contribution >= 4 is 27.4 Å². The lowest BCUT2D eigenvalue weighted by Gasteiger charge is -1.98. The van der Waals surface area contributed by atoms with Crippen LogP contribution < -0.4 is 0 Å². The Morgan fingerprint density at radius 2 is 1.95 bits per heavy atom. The number of carboxylic acids is 1. The van der Waals surface area contributed by atoms with E-state index in [4.69, 9.17) is 15.3 Å². The van der Waals surface area contributed by atoms with E-state index in [1.165, 1.54) is 16.2 Å². The third-order valence-electron chi connectivity index (χ3n) is 2.47. The van der Waals surface area contributed by atoms with Gasteiger partial charge in [0, 0.05) is 12.4 Å². The van der Waals surface area contributed by atoms with Gasteiger partial charge in [0.25, 0.3) is 0 Å². The van der Waals surface area contributed by atoms with Crippen LogP contribution in [0.3, 0.4) is 0 Å². The number of phenols is 2. The number of pyridine rings is 1. The van der Waals surface area contributed by atoms with Crippen molar-refractivity contribution in [3.8, 4) is 11.5 Å². The number of aromatic carboxylic acids is 1. The van der Waals surface area contributed by atoms with Crippen LogP contribution in [0, 0.1) is 0 Å². The van der Waals surface area contributed by atoms with Crippen LogP contribution in [-0.4, -0.2) is 26.3 Å². The maximum Gasteiger partial charge on any atom is 0.339 e. The molecule has 0 spiro atoms. The number of thiophene rings is 1. The molecule has 0 atom stereocenters. The van der Waals surface area contributed by atoms with Crippen LogP contribution in [0.25, 0.3) is 10.1 Å². The summed E-state index contributed by atoms with van der Waals surface area (Å²) in [5, 5.41) is 29.5. The highest BCUT2D eigenvalue weighted by Gasteiger charge is 2.08. The van der Waals surface area contributed by atoms with E-state index in [1.54, 1.807) is 11.3 Å². The molecule has 0 saturated carbocycles. The summed E-state index contributed by atoms with van der Waals surface area (Å²) in [4.78, 5) is 14.3. The topological polar surface area (TPSA) is 90.7 Å². The van der Waals surface area contributed by atoms with Crippen LogP contribution in [0.4, 0.5) is 0 Å². The number of rotatable bonds is 1. The van der Waals surface area contributed by atoms with E-state index < -0.39 is 5.97 Å². The fourth-order valence-corrected chi connectivity index (χ4v) is 2.26. The van der Waals surface area contributed by atoms with Gasteiger partial charge in [-0.3, -0.25) is 4.98 Å². The number of phenolic OH excluding ortho intramolecular Hbond substituents is 1. The quantitative estimate of drug-likeness (QED) is 0.599. The number of aromatic nitrogens is 1. The summed E-state index contributed by atoms with van der Waals surface area (Å²) in [6.07, 6.45) is 3.70. The number of carboxylic acid groups (broad SMARTS) is 1. The van der Waals surface area contributed by atoms with Crippen LogP contribution >= 0.6 is 11.3 Å². The average Bonchev–Trinajstić information content (AvgIpc) is 2.90. The minimum absolute atomic E-state index is 0.180. The number of nitrogens with zero attached hydrogens (tertiary/aromatic N) is 1. The summed E-state index contributed by atoms with van der Waals surface area (Å²) in [5.74, 6) is -1.80. The number of aromatic hydroxyl groups is 2. The number of carbonyl (C=O) groups is 1. The molecule has 6 heteroatoms. The average molecular weight is 289 g/mol. The summed E-state index contributed by atoms with van der Waals surface area (Å²) < 4.78 is 1.26. The van der Waals surface area contributed by atoms with Crippen LogP contribution in [0.5, 0.6) is 11.5 Å². The van der Waals surface area contributed by atoms with Gasteiger partial charge in [-0.25, -0.2) is 4.79 Å². The zero-order chi connectivity index (χ0) is 14.5. The third kappa shape index (κ3) is 3.24. The molecule has 0 aliphatic carbocycles. The lowest BCUT2D eigenvalue weighted by Crippen LogP contribution is -1.95. The van der Waals surface area contributed by atoms with Crippen molar-refractivity contribution in [2.45, 2.75) is 0 Å². The largest absolute Gasteiger partial charge is 0.508 e. The lowest BCUT2D eigenvalue weighted by molar-refractivity contribution is 0.0693. The van der Waals surface area contributed by atoms with Gasteiger partial charge in [-0.15, -0.1) is 11.3 Å². The summed E-state index contributed by atoms with van der Waals surface area (Å²) in [7, 11) is 0. The molecule has 20 heavy (non-hydrogen) atoms. The van der Waals surface area contributed by atoms with Crippen molar-refractivity contribution in [3.05, 3.63) is 53.7 Å². The molecule has 0 radical (unpaired) electrons. The zero-order valence-corrected chi connectivity index (χ0v) is 11.0. The van der Waals surface area contributed by atoms with Crippen molar-refractivity contribution < 1.29 is 20.1 Å². The lowest BCUT2D eigenvalue weighted by atomic mass is 10.2. The first-order valence-electron chi connectivity index (χ1n) is 5.60. The number of hydrogen-bond acceptors (Lipinski definition) is 5. The molecule has 2 aromatic heterocycles. The van der Waals surface area contributed by atoms with Gasteiger partial charge in [0.05, 0.1) is 4.70 Å². The molecular weight excluding hydrogens is 278 g/mol. The molecule has 0 fully saturated rings. The molecule has 3 rings (SSSR count). The van der Waals surface area contributed by atoms with E-state index in [1.807, 2.05) is 18.5 Å². The number of fused-ring (bicyclic) bond motifs is 1. The summed E-state index contributed by atoms with van der Waals surface area (Å²) in [6.45, 7) is 0. The maximum atomic E-state index is 10.3. The van der Waals surface area contributed by atoms with Gasteiger partial charge < -0.3 is 15.3 Å². The monoisotopic (exact) mass is 289 g/mol. The molecule has 0 unspecified atom stereocenters. The van der Waals surface area contributed by atoms with Crippen LogP contribution in [-0.2, 0) is 0 Å². The summed E-state index contributed by atoms with van der Waals surface area (Å²) in [5.41, 5.74) is -0.301. The molecule has 1 aromatic carbocycles. The van der Waals surface area contributed by atoms with Gasteiger partial charge in [0.1, 0.15) is 17.1 Å². The van der Waals surface area contributed by atoms with Crippen molar-refractivity contribution in [2.24, 2.45) is 0 Å². The fraction of sp³-hybridized carbons (Fsp3) is 0. The third-order valence-corrected chi connectivity index (χ3v) is 3.34. The molecule has 0 saturated heterocycles. The van der Waals surface area contributed by atoms with E-state index in [2.05, 4.69) is 16.4 Å². The fourth-order valence-electron chi connectivity index (χ4n) is 1.50. The van der Waals surface area contributed by atoms with Gasteiger partial charge in [-0.1, -0.05) is 0 Å². The van der Waals surface area contributed by atoms with Crippen LogP contribution in [0.15, 0.2) is 48.1 Å². The molecule has 2 heterocycles. The predicted octanol–water partition coefficient (Wildman–Crippen LogP) is 3.09. The molecule has 0 bridgehead atoms. The minimum Gasteiger partial charge on any atom is -0.508 e. The SMILES string of the molecule is O=C(O)c1cc(O)ccc1O.c1cc2ccsc2cn1. The van der Waals surface area contributed by atoms with E-state index in [9.17, 15) is 4.79 Å². The van der Waals surface area contributed by atoms with E-state index in [0.717, 1.165) is 12.1 Å². The normalized spacial score (nSPS) is 9.80. The molecule has 0 aliphatic rings. The van der Waals surface area contributed by atoms with Gasteiger partial charge >= 0.3 is 5.97 Å². The van der Waals surface area contributed by atoms with E-state index in [-0.39, 0.29) is 17.1 Å². The molecule has 3 aromatic rings. The van der Waals surface area contributed by atoms with E-state index in [0.29, 0.717) is 0 Å². The molecule has 0 aliphatic heterocycles. The highest BCUT2D eigenvalue weighted by Crippen LogP contribution is 2.21. The maximum absolute atomic E-state index is 10.3. The van der Waals surface area contributed by atoms with Gasteiger partial charge in [0.15, 0.2) is 0 Å². The van der Waals surface area contributed by atoms with Crippen molar-refractivity contribution in [1.82, 2.24) is 4.98 Å². The molecule has 5 nitrogen and oxygen atoms in total. The molecule has 102 valence electrons. The van der Waals surface area contributed by atoms with Gasteiger partial charge in [-0.2, -0.15) is 0 Å². The van der Waals surface area contributed by atoms with Gasteiger partial charge in [0.2, 0.25) is 0 Å². The second kappa shape index (κ2) is 6.03. The highest BCUT2D eigenvalue weighted by molar-refractivity contribution is 7.17. The Hall–Kier alpha value is -2.60. The smallest absolute Gasteiger partial charge is 0.339 e. The minimum atomic E-state index is -1.27. The van der Waals surface area contributed by atoms with Crippen molar-refractivity contribution in [2.75, 3.05) is 0 Å². The summed E-state index contributed by atoms with van der Waals surface area (Å²) >= 11 is 1.72. The standard InChI is InChI=1S/C7H5NS.C7H6O4/c1-3-8-5-7-6(1)2-4-9-7;8-4-1-2-6(9)5(3-4)7(10)11/h1-5H;1-3,8-9H,(H,10,11). The van der Waals surface area contributed by atoms with E-state index >= 15 is 0 Å². The second-order valence-electron chi connectivity index (χ2n) is 3.84. The first kappa shape index (κ1) is 13.8. The Balaban J connectivity index is 0.000000149. The number of hydrogen-bond donors (Lipinski definition) is 3. The van der Waals surface area contributed by atoms with Crippen molar-refractivity contribution in [1.29, 1.82) is 0 Å².